The molecule has 0 aliphatic rings. The maximum atomic E-state index is 12.0. The van der Waals surface area contributed by atoms with Crippen molar-refractivity contribution < 1.29 is 43.2 Å². The molecule has 1 aromatic carbocycles. The van der Waals surface area contributed by atoms with Crippen molar-refractivity contribution in [3.63, 3.8) is 0 Å². The molecule has 10 heteroatoms. The highest BCUT2D eigenvalue weighted by molar-refractivity contribution is 5.79. The molecule has 0 amide bonds. The lowest BCUT2D eigenvalue weighted by atomic mass is 9.86. The largest absolute Gasteiger partial charge is 0.508 e. The summed E-state index contributed by atoms with van der Waals surface area (Å²) in [6.07, 6.45) is -1.06. The third kappa shape index (κ3) is 9.38. The van der Waals surface area contributed by atoms with Crippen LogP contribution in [0.2, 0.25) is 0 Å². The van der Waals surface area contributed by atoms with E-state index in [9.17, 15) is 24.3 Å². The second-order valence-electron chi connectivity index (χ2n) is 8.28. The lowest BCUT2D eigenvalue weighted by Gasteiger charge is -2.28. The van der Waals surface area contributed by atoms with Gasteiger partial charge in [0.2, 0.25) is 0 Å². The van der Waals surface area contributed by atoms with E-state index in [0.717, 1.165) is 6.42 Å². The standard InChI is InChI=1S/C24H35NO9/c1-6-15(4)14-31-23(30)32-16(5)12-24(25,22(28)29)13-17-9-10-18(33-20(26)7-2)19(11-17)34-21(27)8-3/h9-11,15-16H,6-8,12-14,25H2,1-5H3,(H,28,29)/t15?,16-,24?/m0/s1. The molecule has 0 saturated carbocycles. The number of hydrogen-bond acceptors (Lipinski definition) is 9. The van der Waals surface area contributed by atoms with Gasteiger partial charge in [0.1, 0.15) is 11.6 Å². The molecule has 1 aromatic rings. The van der Waals surface area contributed by atoms with Crippen LogP contribution in [0.3, 0.4) is 0 Å². The third-order valence-electron chi connectivity index (χ3n) is 5.11. The van der Waals surface area contributed by atoms with Gasteiger partial charge in [0.15, 0.2) is 11.5 Å². The average Bonchev–Trinajstić information content (AvgIpc) is 2.78. The average molecular weight is 482 g/mol. The number of hydrogen-bond donors (Lipinski definition) is 2. The normalized spacial score (nSPS) is 14.3. The fourth-order valence-corrected chi connectivity index (χ4v) is 2.90. The van der Waals surface area contributed by atoms with Crippen LogP contribution in [0.25, 0.3) is 0 Å². The summed E-state index contributed by atoms with van der Waals surface area (Å²) in [5, 5.41) is 9.79. The molecule has 2 unspecified atom stereocenters. The minimum atomic E-state index is -1.80. The Balaban J connectivity index is 3.02. The summed E-state index contributed by atoms with van der Waals surface area (Å²) >= 11 is 0. The van der Waals surface area contributed by atoms with Crippen LogP contribution in [0.4, 0.5) is 4.79 Å². The van der Waals surface area contributed by atoms with Gasteiger partial charge in [-0.2, -0.15) is 0 Å². The quantitative estimate of drug-likeness (QED) is 0.316. The number of ether oxygens (including phenoxy) is 4. The molecule has 0 heterocycles. The minimum absolute atomic E-state index is 0.0168. The Bertz CT molecular complexity index is 870. The van der Waals surface area contributed by atoms with Gasteiger partial charge in [0, 0.05) is 25.7 Å². The zero-order valence-corrected chi connectivity index (χ0v) is 20.4. The Hall–Kier alpha value is -3.14. The first-order valence-electron chi connectivity index (χ1n) is 11.3. The van der Waals surface area contributed by atoms with Crippen molar-refractivity contribution in [1.29, 1.82) is 0 Å². The van der Waals surface area contributed by atoms with Gasteiger partial charge >= 0.3 is 24.1 Å². The molecule has 10 nitrogen and oxygen atoms in total. The van der Waals surface area contributed by atoms with Crippen molar-refractivity contribution in [1.82, 2.24) is 0 Å². The summed E-state index contributed by atoms with van der Waals surface area (Å²) in [6.45, 7) is 8.83. The number of rotatable bonds is 13. The monoisotopic (exact) mass is 481 g/mol. The van der Waals surface area contributed by atoms with E-state index in [4.69, 9.17) is 24.7 Å². The first-order chi connectivity index (χ1) is 15.9. The summed E-state index contributed by atoms with van der Waals surface area (Å²) in [5.74, 6) is -2.18. The van der Waals surface area contributed by atoms with E-state index in [-0.39, 0.29) is 49.7 Å². The molecule has 190 valence electrons. The number of carboxylic acids is 1. The number of benzene rings is 1. The maximum Gasteiger partial charge on any atom is 0.508 e. The number of carboxylic acid groups (broad SMARTS) is 1. The molecule has 0 bridgehead atoms. The maximum absolute atomic E-state index is 12.0. The Morgan fingerprint density at radius 1 is 1.00 bits per heavy atom. The van der Waals surface area contributed by atoms with Crippen molar-refractivity contribution in [3.8, 4) is 11.5 Å². The minimum Gasteiger partial charge on any atom is -0.480 e. The summed E-state index contributed by atoms with van der Waals surface area (Å²) in [6, 6.07) is 4.34. The molecule has 0 spiro atoms. The highest BCUT2D eigenvalue weighted by Crippen LogP contribution is 2.31. The van der Waals surface area contributed by atoms with Crippen LogP contribution in [0, 0.1) is 5.92 Å². The zero-order valence-electron chi connectivity index (χ0n) is 20.4. The first kappa shape index (κ1) is 28.9. The lowest BCUT2D eigenvalue weighted by Crippen LogP contribution is -2.52. The molecule has 0 aromatic heterocycles. The fraction of sp³-hybridized carbons (Fsp3) is 0.583. The van der Waals surface area contributed by atoms with Crippen molar-refractivity contribution in [3.05, 3.63) is 23.8 Å². The van der Waals surface area contributed by atoms with E-state index >= 15 is 0 Å². The second kappa shape index (κ2) is 13.5. The number of nitrogens with two attached hydrogens (primary N) is 1. The predicted molar refractivity (Wildman–Crippen MR) is 123 cm³/mol. The third-order valence-corrected chi connectivity index (χ3v) is 5.11. The lowest BCUT2D eigenvalue weighted by molar-refractivity contribution is -0.144. The van der Waals surface area contributed by atoms with E-state index in [2.05, 4.69) is 0 Å². The van der Waals surface area contributed by atoms with Gasteiger partial charge in [0.25, 0.3) is 0 Å². The molecule has 1 rings (SSSR count). The summed E-state index contributed by atoms with van der Waals surface area (Å²) in [5.41, 5.74) is 4.81. The molecule has 3 N–H and O–H groups in total. The van der Waals surface area contributed by atoms with Crippen LogP contribution in [0.1, 0.15) is 65.9 Å². The van der Waals surface area contributed by atoms with Gasteiger partial charge in [0.05, 0.1) is 6.61 Å². The van der Waals surface area contributed by atoms with E-state index in [1.165, 1.54) is 25.1 Å². The van der Waals surface area contributed by atoms with E-state index in [1.54, 1.807) is 13.8 Å². The zero-order chi connectivity index (χ0) is 25.9. The summed E-state index contributed by atoms with van der Waals surface area (Å²) in [7, 11) is 0. The van der Waals surface area contributed by atoms with Crippen LogP contribution in [-0.2, 0) is 30.3 Å². The van der Waals surface area contributed by atoms with Gasteiger partial charge < -0.3 is 29.8 Å². The Morgan fingerprint density at radius 3 is 2.12 bits per heavy atom. The van der Waals surface area contributed by atoms with Crippen LogP contribution >= 0.6 is 0 Å². The SMILES string of the molecule is CCC(=O)Oc1ccc(CC(N)(C[C@H](C)OC(=O)OCC(C)CC)C(=O)O)cc1OC(=O)CC. The van der Waals surface area contributed by atoms with E-state index in [1.807, 2.05) is 13.8 Å². The molecule has 3 atom stereocenters. The topological polar surface area (TPSA) is 151 Å². The molecule has 0 aliphatic heterocycles. The van der Waals surface area contributed by atoms with Crippen molar-refractivity contribution in [2.45, 2.75) is 78.4 Å². The number of carbonyl (C=O) groups is 4. The predicted octanol–water partition coefficient (Wildman–Crippen LogP) is 3.62. The van der Waals surface area contributed by atoms with Crippen LogP contribution in [-0.4, -0.2) is 47.4 Å². The van der Waals surface area contributed by atoms with Gasteiger partial charge in [-0.15, -0.1) is 0 Å². The van der Waals surface area contributed by atoms with Gasteiger partial charge in [-0.3, -0.25) is 14.4 Å². The van der Waals surface area contributed by atoms with Crippen molar-refractivity contribution in [2.75, 3.05) is 6.61 Å². The number of esters is 2. The van der Waals surface area contributed by atoms with Crippen molar-refractivity contribution in [2.24, 2.45) is 11.7 Å². The van der Waals surface area contributed by atoms with Crippen LogP contribution in [0.5, 0.6) is 11.5 Å². The van der Waals surface area contributed by atoms with Gasteiger partial charge in [-0.1, -0.05) is 40.2 Å². The summed E-state index contributed by atoms with van der Waals surface area (Å²) in [4.78, 5) is 47.4. The Kier molecular flexibility index (Phi) is 11.5. The van der Waals surface area contributed by atoms with Crippen LogP contribution in [0.15, 0.2) is 18.2 Å². The molecule has 0 aliphatic carbocycles. The molecular weight excluding hydrogens is 446 g/mol. The second-order valence-corrected chi connectivity index (χ2v) is 8.28. The molecule has 0 fully saturated rings. The van der Waals surface area contributed by atoms with E-state index < -0.39 is 35.7 Å². The van der Waals surface area contributed by atoms with Gasteiger partial charge in [-0.25, -0.2) is 4.79 Å². The Labute approximate surface area is 199 Å². The molecule has 34 heavy (non-hydrogen) atoms. The van der Waals surface area contributed by atoms with E-state index in [0.29, 0.717) is 5.56 Å². The van der Waals surface area contributed by atoms with Crippen LogP contribution < -0.4 is 15.2 Å². The molecular formula is C24H35NO9. The molecule has 0 saturated heterocycles. The number of carbonyl (C=O) groups excluding carboxylic acids is 3. The first-order valence-corrected chi connectivity index (χ1v) is 11.3. The van der Waals surface area contributed by atoms with Crippen molar-refractivity contribution >= 4 is 24.1 Å². The summed E-state index contributed by atoms with van der Waals surface area (Å²) < 4.78 is 20.6. The number of aliphatic carboxylic acids is 1. The molecule has 0 radical (unpaired) electrons. The highest BCUT2D eigenvalue weighted by Gasteiger charge is 2.37. The van der Waals surface area contributed by atoms with Gasteiger partial charge in [-0.05, 0) is 30.5 Å². The highest BCUT2D eigenvalue weighted by atomic mass is 16.7. The smallest absolute Gasteiger partial charge is 0.480 e. The fourth-order valence-electron chi connectivity index (χ4n) is 2.90. The Morgan fingerprint density at radius 2 is 1.59 bits per heavy atom.